The molecule has 1 aliphatic carbocycles. The van der Waals surface area contributed by atoms with Crippen LogP contribution in [0.15, 0.2) is 84.1 Å². The average molecular weight is 425 g/mol. The summed E-state index contributed by atoms with van der Waals surface area (Å²) in [6.45, 7) is 4.65. The molecule has 32 heavy (non-hydrogen) atoms. The topological polar surface area (TPSA) is 50.4 Å². The van der Waals surface area contributed by atoms with E-state index in [-0.39, 0.29) is 17.7 Å². The molecule has 0 fully saturated rings. The molecule has 162 valence electrons. The molecule has 0 amide bonds. The lowest BCUT2D eigenvalue weighted by Crippen LogP contribution is -2.27. The maximum atomic E-state index is 13.7. The first-order valence-corrected chi connectivity index (χ1v) is 11.3. The summed E-state index contributed by atoms with van der Waals surface area (Å²) in [5, 5.41) is 7.25. The molecule has 0 aromatic heterocycles. The van der Waals surface area contributed by atoms with Crippen molar-refractivity contribution in [1.29, 1.82) is 0 Å². The molecule has 0 bridgehead atoms. The van der Waals surface area contributed by atoms with Crippen LogP contribution in [0.1, 0.15) is 48.4 Å². The van der Waals surface area contributed by atoms with Crippen LogP contribution < -0.4 is 15.4 Å². The fourth-order valence-electron chi connectivity index (χ4n) is 4.81. The van der Waals surface area contributed by atoms with Gasteiger partial charge in [0.1, 0.15) is 5.75 Å². The number of carbonyl (C=O) groups is 1. The van der Waals surface area contributed by atoms with Gasteiger partial charge in [0, 0.05) is 23.3 Å². The van der Waals surface area contributed by atoms with Gasteiger partial charge in [0.05, 0.1) is 24.0 Å². The monoisotopic (exact) mass is 424 g/mol. The highest BCUT2D eigenvalue weighted by molar-refractivity contribution is 6.01. The molecule has 2 aliphatic rings. The lowest BCUT2D eigenvalue weighted by Gasteiger charge is -2.30. The summed E-state index contributed by atoms with van der Waals surface area (Å²) in [5.41, 5.74) is 7.23. The van der Waals surface area contributed by atoms with E-state index in [1.54, 1.807) is 0 Å². The number of aryl methyl sites for hydroxylation is 1. The fraction of sp³-hybridized carbons (Fsp3) is 0.250. The second-order valence-corrected chi connectivity index (χ2v) is 8.55. The molecule has 1 heterocycles. The second kappa shape index (κ2) is 8.54. The molecular formula is C28H28N2O2. The summed E-state index contributed by atoms with van der Waals surface area (Å²) in [6.07, 6.45) is 1.31. The van der Waals surface area contributed by atoms with Crippen LogP contribution in [-0.4, -0.2) is 12.4 Å². The predicted octanol–water partition coefficient (Wildman–Crippen LogP) is 6.37. The summed E-state index contributed by atoms with van der Waals surface area (Å²) in [6, 6.07) is 24.5. The minimum atomic E-state index is -0.268. The van der Waals surface area contributed by atoms with Gasteiger partial charge in [0.25, 0.3) is 0 Å². The van der Waals surface area contributed by atoms with E-state index in [2.05, 4.69) is 60.0 Å². The normalized spacial score (nSPS) is 19.9. The highest BCUT2D eigenvalue weighted by atomic mass is 16.5. The molecule has 0 saturated carbocycles. The summed E-state index contributed by atoms with van der Waals surface area (Å²) in [7, 11) is 0. The Labute approximate surface area is 189 Å². The van der Waals surface area contributed by atoms with Gasteiger partial charge in [-0.2, -0.15) is 0 Å². The molecule has 4 nitrogen and oxygen atoms in total. The van der Waals surface area contributed by atoms with Crippen LogP contribution in [-0.2, 0) is 4.79 Å². The highest BCUT2D eigenvalue weighted by Crippen LogP contribution is 2.45. The number of nitrogens with one attached hydrogen (secondary N) is 2. The molecule has 0 unspecified atom stereocenters. The Balaban J connectivity index is 1.62. The highest BCUT2D eigenvalue weighted by Gasteiger charge is 2.36. The van der Waals surface area contributed by atoms with Crippen molar-refractivity contribution in [2.45, 2.75) is 38.6 Å². The van der Waals surface area contributed by atoms with Crippen LogP contribution in [0.4, 0.5) is 11.4 Å². The van der Waals surface area contributed by atoms with Crippen LogP contribution in [0.5, 0.6) is 5.75 Å². The minimum absolute atomic E-state index is 0.169. The van der Waals surface area contributed by atoms with Crippen molar-refractivity contribution in [3.63, 3.8) is 0 Å². The zero-order valence-corrected chi connectivity index (χ0v) is 18.5. The van der Waals surface area contributed by atoms with E-state index in [1.807, 2.05) is 37.3 Å². The third-order valence-corrected chi connectivity index (χ3v) is 6.39. The van der Waals surface area contributed by atoms with Crippen LogP contribution in [0.2, 0.25) is 0 Å². The SMILES string of the molecule is CCOc1ccccc1[C@H]1Nc2ccccc2NC2=C1C(=O)C[C@@H](c1ccc(C)cc1)C2. The van der Waals surface area contributed by atoms with Crippen LogP contribution in [0.25, 0.3) is 0 Å². The van der Waals surface area contributed by atoms with Gasteiger partial charge in [0.15, 0.2) is 5.78 Å². The van der Waals surface area contributed by atoms with Crippen molar-refractivity contribution in [3.05, 3.63) is 101 Å². The number of allylic oxidation sites excluding steroid dienone is 1. The summed E-state index contributed by atoms with van der Waals surface area (Å²) in [5.74, 6) is 1.16. The Morgan fingerprint density at radius 1 is 0.906 bits per heavy atom. The van der Waals surface area contributed by atoms with Crippen molar-refractivity contribution in [2.75, 3.05) is 17.2 Å². The van der Waals surface area contributed by atoms with E-state index in [0.29, 0.717) is 13.0 Å². The molecule has 3 aromatic carbocycles. The fourth-order valence-corrected chi connectivity index (χ4v) is 4.81. The van der Waals surface area contributed by atoms with Gasteiger partial charge in [-0.25, -0.2) is 0 Å². The molecule has 1 aliphatic heterocycles. The van der Waals surface area contributed by atoms with E-state index in [4.69, 9.17) is 4.74 Å². The number of benzene rings is 3. The summed E-state index contributed by atoms with van der Waals surface area (Å²) < 4.78 is 5.94. The standard InChI is InChI=1S/C28H28N2O2/c1-3-32-26-11-7-4-8-21(26)28-27-24(29-22-9-5-6-10-23(22)30-28)16-20(17-25(27)31)19-14-12-18(2)13-15-19/h4-15,20,28-30H,3,16-17H2,1-2H3/t20-,28+/m0/s1. The van der Waals surface area contributed by atoms with Crippen LogP contribution in [0, 0.1) is 6.92 Å². The van der Waals surface area contributed by atoms with Gasteiger partial charge in [0.2, 0.25) is 0 Å². The van der Waals surface area contributed by atoms with Gasteiger partial charge in [-0.15, -0.1) is 0 Å². The second-order valence-electron chi connectivity index (χ2n) is 8.55. The van der Waals surface area contributed by atoms with Gasteiger partial charge in [-0.3, -0.25) is 4.79 Å². The average Bonchev–Trinajstić information content (AvgIpc) is 2.97. The van der Waals surface area contributed by atoms with Crippen LogP contribution >= 0.6 is 0 Å². The van der Waals surface area contributed by atoms with Crippen molar-refractivity contribution < 1.29 is 9.53 Å². The quantitative estimate of drug-likeness (QED) is 0.511. The summed E-state index contributed by atoms with van der Waals surface area (Å²) >= 11 is 0. The Hall–Kier alpha value is -3.53. The first-order valence-electron chi connectivity index (χ1n) is 11.3. The van der Waals surface area contributed by atoms with E-state index in [0.717, 1.165) is 40.4 Å². The number of ketones is 1. The lowest BCUT2D eigenvalue weighted by molar-refractivity contribution is -0.116. The molecule has 0 spiro atoms. The molecular weight excluding hydrogens is 396 g/mol. The number of fused-ring (bicyclic) bond motifs is 1. The third kappa shape index (κ3) is 3.77. The predicted molar refractivity (Wildman–Crippen MR) is 129 cm³/mol. The van der Waals surface area contributed by atoms with Gasteiger partial charge in [-0.05, 0) is 49.9 Å². The number of Topliss-reactive ketones (excluding diaryl/α,β-unsaturated/α-hetero) is 1. The number of carbonyl (C=O) groups excluding carboxylic acids is 1. The largest absolute Gasteiger partial charge is 0.494 e. The maximum Gasteiger partial charge on any atom is 0.163 e. The number of para-hydroxylation sites is 3. The van der Waals surface area contributed by atoms with E-state index < -0.39 is 0 Å². The van der Waals surface area contributed by atoms with Gasteiger partial charge < -0.3 is 15.4 Å². The first-order chi connectivity index (χ1) is 15.6. The molecule has 0 saturated heterocycles. The third-order valence-electron chi connectivity index (χ3n) is 6.39. The minimum Gasteiger partial charge on any atom is -0.494 e. The summed E-state index contributed by atoms with van der Waals surface area (Å²) in [4.78, 5) is 13.7. The van der Waals surface area contributed by atoms with Gasteiger partial charge >= 0.3 is 0 Å². The zero-order valence-electron chi connectivity index (χ0n) is 18.5. The smallest absolute Gasteiger partial charge is 0.163 e. The lowest BCUT2D eigenvalue weighted by atomic mass is 9.78. The van der Waals surface area contributed by atoms with Crippen LogP contribution in [0.3, 0.4) is 0 Å². The number of ether oxygens (including phenoxy) is 1. The number of hydrogen-bond donors (Lipinski definition) is 2. The molecule has 0 radical (unpaired) electrons. The van der Waals surface area contributed by atoms with Crippen molar-refractivity contribution in [1.82, 2.24) is 0 Å². The Morgan fingerprint density at radius 2 is 1.62 bits per heavy atom. The Bertz CT molecular complexity index is 1180. The Kier molecular flexibility index (Phi) is 5.44. The molecule has 2 N–H and O–H groups in total. The number of anilines is 2. The molecule has 3 aromatic rings. The van der Waals surface area contributed by atoms with E-state index in [9.17, 15) is 4.79 Å². The number of hydrogen-bond acceptors (Lipinski definition) is 4. The zero-order chi connectivity index (χ0) is 22.1. The first kappa shape index (κ1) is 20.4. The molecule has 5 rings (SSSR count). The maximum absolute atomic E-state index is 13.7. The molecule has 4 heteroatoms. The van der Waals surface area contributed by atoms with Crippen molar-refractivity contribution in [2.24, 2.45) is 0 Å². The van der Waals surface area contributed by atoms with E-state index in [1.165, 1.54) is 11.1 Å². The van der Waals surface area contributed by atoms with Crippen molar-refractivity contribution in [3.8, 4) is 5.75 Å². The Morgan fingerprint density at radius 3 is 2.41 bits per heavy atom. The van der Waals surface area contributed by atoms with Gasteiger partial charge in [-0.1, -0.05) is 60.2 Å². The van der Waals surface area contributed by atoms with E-state index >= 15 is 0 Å². The number of rotatable bonds is 4. The molecule has 2 atom stereocenters. The van der Waals surface area contributed by atoms with Crippen molar-refractivity contribution >= 4 is 17.2 Å².